The molecule has 2 saturated heterocycles. The molecule has 2 heterocycles. The Balaban J connectivity index is 2.00. The normalized spacial score (nSPS) is 69.2. The van der Waals surface area contributed by atoms with Crippen molar-refractivity contribution in [2.75, 3.05) is 6.61 Å². The van der Waals surface area contributed by atoms with Crippen LogP contribution in [0.2, 0.25) is 0 Å². The average Bonchev–Trinajstić information content (AvgIpc) is 2.32. The van der Waals surface area contributed by atoms with Gasteiger partial charge in [-0.1, -0.05) is 20.8 Å². The zero-order valence-corrected chi connectivity index (χ0v) is 8.83. The molecule has 1 aliphatic carbocycles. The van der Waals surface area contributed by atoms with E-state index in [0.29, 0.717) is 23.5 Å². The third-order valence-electron chi connectivity index (χ3n) is 5.12. The summed E-state index contributed by atoms with van der Waals surface area (Å²) in [5.41, 5.74) is 0.384. The van der Waals surface area contributed by atoms with Crippen molar-refractivity contribution in [1.82, 2.24) is 0 Å². The molecule has 3 aliphatic rings. The van der Waals surface area contributed by atoms with Crippen LogP contribution < -0.4 is 0 Å². The SMILES string of the molecule is CC1O[C@@]23C1OCC2(C)[C@H](C)[C@@H]3C. The summed E-state index contributed by atoms with van der Waals surface area (Å²) in [5, 5.41) is 0. The van der Waals surface area contributed by atoms with Gasteiger partial charge in [-0.2, -0.15) is 0 Å². The van der Waals surface area contributed by atoms with Gasteiger partial charge in [-0.15, -0.1) is 0 Å². The predicted molar refractivity (Wildman–Crippen MR) is 49.5 cm³/mol. The maximum Gasteiger partial charge on any atom is 0.113 e. The molecule has 3 unspecified atom stereocenters. The van der Waals surface area contributed by atoms with E-state index in [1.54, 1.807) is 0 Å². The molecule has 0 N–H and O–H groups in total. The van der Waals surface area contributed by atoms with E-state index in [9.17, 15) is 0 Å². The van der Waals surface area contributed by atoms with E-state index in [1.807, 2.05) is 0 Å². The first-order valence-electron chi connectivity index (χ1n) is 5.33. The van der Waals surface area contributed by atoms with Gasteiger partial charge in [0.15, 0.2) is 0 Å². The summed E-state index contributed by atoms with van der Waals surface area (Å²) < 4.78 is 11.9. The van der Waals surface area contributed by atoms with Gasteiger partial charge in [-0.05, 0) is 18.8 Å². The summed E-state index contributed by atoms with van der Waals surface area (Å²) in [4.78, 5) is 0. The first-order chi connectivity index (χ1) is 6.04. The number of hydrogen-bond acceptors (Lipinski definition) is 2. The largest absolute Gasteiger partial charge is 0.372 e. The van der Waals surface area contributed by atoms with Crippen molar-refractivity contribution in [2.24, 2.45) is 17.3 Å². The molecular weight excluding hydrogens is 164 g/mol. The Morgan fingerprint density at radius 1 is 1.15 bits per heavy atom. The Morgan fingerprint density at radius 2 is 1.85 bits per heavy atom. The van der Waals surface area contributed by atoms with Crippen molar-refractivity contribution in [3.63, 3.8) is 0 Å². The third kappa shape index (κ3) is 0.556. The molecule has 2 aliphatic heterocycles. The minimum atomic E-state index is 0.0891. The first kappa shape index (κ1) is 8.25. The molecule has 74 valence electrons. The van der Waals surface area contributed by atoms with Crippen molar-refractivity contribution in [2.45, 2.75) is 45.5 Å². The van der Waals surface area contributed by atoms with Crippen LogP contribution in [0.4, 0.5) is 0 Å². The molecule has 2 heteroatoms. The minimum absolute atomic E-state index is 0.0891. The summed E-state index contributed by atoms with van der Waals surface area (Å²) in [6.45, 7) is 9.97. The molecular formula is C11H18O2. The summed E-state index contributed by atoms with van der Waals surface area (Å²) in [6.07, 6.45) is 0.695. The predicted octanol–water partition coefficient (Wildman–Crippen LogP) is 1.83. The van der Waals surface area contributed by atoms with Crippen molar-refractivity contribution < 1.29 is 9.47 Å². The fourth-order valence-corrected chi connectivity index (χ4v) is 4.01. The molecule has 2 nitrogen and oxygen atoms in total. The van der Waals surface area contributed by atoms with Gasteiger partial charge in [-0.25, -0.2) is 0 Å². The summed E-state index contributed by atoms with van der Waals surface area (Å²) in [6, 6.07) is 0. The summed E-state index contributed by atoms with van der Waals surface area (Å²) in [5.74, 6) is 1.41. The van der Waals surface area contributed by atoms with Crippen molar-refractivity contribution in [3.8, 4) is 0 Å². The van der Waals surface area contributed by atoms with Crippen LogP contribution in [0.5, 0.6) is 0 Å². The molecule has 0 aromatic heterocycles. The maximum absolute atomic E-state index is 6.01. The zero-order chi connectivity index (χ0) is 9.43. The van der Waals surface area contributed by atoms with Gasteiger partial charge in [0.2, 0.25) is 0 Å². The highest BCUT2D eigenvalue weighted by Crippen LogP contribution is 2.70. The van der Waals surface area contributed by atoms with Gasteiger partial charge in [0.25, 0.3) is 0 Å². The Labute approximate surface area is 79.6 Å². The molecule has 0 aromatic rings. The quantitative estimate of drug-likeness (QED) is 0.569. The van der Waals surface area contributed by atoms with Gasteiger partial charge in [-0.3, -0.25) is 0 Å². The molecule has 1 saturated carbocycles. The monoisotopic (exact) mass is 182 g/mol. The van der Waals surface area contributed by atoms with Crippen LogP contribution in [0, 0.1) is 17.3 Å². The van der Waals surface area contributed by atoms with Crippen LogP contribution >= 0.6 is 0 Å². The van der Waals surface area contributed by atoms with Crippen molar-refractivity contribution >= 4 is 0 Å². The van der Waals surface area contributed by atoms with E-state index in [0.717, 1.165) is 12.5 Å². The van der Waals surface area contributed by atoms with Crippen LogP contribution in [0.25, 0.3) is 0 Å². The van der Waals surface area contributed by atoms with Gasteiger partial charge in [0.1, 0.15) is 11.7 Å². The fourth-order valence-electron chi connectivity index (χ4n) is 4.01. The summed E-state index contributed by atoms with van der Waals surface area (Å²) in [7, 11) is 0. The third-order valence-corrected chi connectivity index (χ3v) is 5.12. The molecule has 0 aromatic carbocycles. The van der Waals surface area contributed by atoms with Gasteiger partial charge >= 0.3 is 0 Å². The maximum atomic E-state index is 6.01. The number of ether oxygens (including phenoxy) is 2. The molecule has 3 fully saturated rings. The Kier molecular flexibility index (Phi) is 1.24. The van der Waals surface area contributed by atoms with Crippen LogP contribution in [0.3, 0.4) is 0 Å². The lowest BCUT2D eigenvalue weighted by molar-refractivity contribution is -0.361. The lowest BCUT2D eigenvalue weighted by Crippen LogP contribution is -2.79. The van der Waals surface area contributed by atoms with E-state index in [1.165, 1.54) is 0 Å². The second-order valence-corrected chi connectivity index (χ2v) is 5.34. The van der Waals surface area contributed by atoms with Crippen LogP contribution in [0.1, 0.15) is 27.7 Å². The highest BCUT2D eigenvalue weighted by atomic mass is 16.6. The average molecular weight is 182 g/mol. The molecule has 1 spiro atoms. The van der Waals surface area contributed by atoms with E-state index in [-0.39, 0.29) is 5.60 Å². The highest BCUT2D eigenvalue weighted by molar-refractivity contribution is 5.27. The van der Waals surface area contributed by atoms with Crippen LogP contribution in [-0.2, 0) is 9.47 Å². The lowest BCUT2D eigenvalue weighted by atomic mass is 9.43. The molecule has 13 heavy (non-hydrogen) atoms. The second kappa shape index (κ2) is 1.96. The topological polar surface area (TPSA) is 18.5 Å². The number of hydrogen-bond donors (Lipinski definition) is 0. The standard InChI is InChI=1S/C11H18O2/c1-6-7(2)11-9(8(3)13-11)12-5-10(6,11)4/h6-9H,5H2,1-4H3/t6-,7+,8?,9?,10?,11+/m1/s1. The molecule has 0 radical (unpaired) electrons. The smallest absolute Gasteiger partial charge is 0.113 e. The van der Waals surface area contributed by atoms with Gasteiger partial charge < -0.3 is 9.47 Å². The fraction of sp³-hybridized carbons (Fsp3) is 1.00. The lowest BCUT2D eigenvalue weighted by Gasteiger charge is -2.69. The van der Waals surface area contributed by atoms with Crippen molar-refractivity contribution in [3.05, 3.63) is 0 Å². The minimum Gasteiger partial charge on any atom is -0.372 e. The highest BCUT2D eigenvalue weighted by Gasteiger charge is 2.80. The van der Waals surface area contributed by atoms with E-state index < -0.39 is 0 Å². The molecule has 0 bridgehead atoms. The Bertz CT molecular complexity index is 265. The molecule has 6 atom stereocenters. The Morgan fingerprint density at radius 3 is 2.46 bits per heavy atom. The summed E-state index contributed by atoms with van der Waals surface area (Å²) >= 11 is 0. The van der Waals surface area contributed by atoms with E-state index >= 15 is 0 Å². The van der Waals surface area contributed by atoms with Gasteiger partial charge in [0, 0.05) is 5.41 Å². The first-order valence-corrected chi connectivity index (χ1v) is 5.33. The van der Waals surface area contributed by atoms with Crippen molar-refractivity contribution in [1.29, 1.82) is 0 Å². The Hall–Kier alpha value is -0.0800. The van der Waals surface area contributed by atoms with Gasteiger partial charge in [0.05, 0.1) is 12.7 Å². The molecule has 0 amide bonds. The van der Waals surface area contributed by atoms with E-state index in [2.05, 4.69) is 27.7 Å². The molecule has 3 rings (SSSR count). The van der Waals surface area contributed by atoms with E-state index in [4.69, 9.17) is 9.47 Å². The number of rotatable bonds is 0. The zero-order valence-electron chi connectivity index (χ0n) is 8.83. The second-order valence-electron chi connectivity index (χ2n) is 5.34. The van der Waals surface area contributed by atoms with Crippen LogP contribution in [-0.4, -0.2) is 24.4 Å². The van der Waals surface area contributed by atoms with Crippen LogP contribution in [0.15, 0.2) is 0 Å².